The summed E-state index contributed by atoms with van der Waals surface area (Å²) in [5.74, 6) is 0. The second-order valence-electron chi connectivity index (χ2n) is 4.61. The molecule has 4 heteroatoms. The van der Waals surface area contributed by atoms with Crippen LogP contribution in [0.5, 0.6) is 0 Å². The van der Waals surface area contributed by atoms with E-state index in [0.29, 0.717) is 5.41 Å². The number of thiol groups is 1. The molecule has 0 aromatic rings. The third-order valence-corrected chi connectivity index (χ3v) is 2.64. The van der Waals surface area contributed by atoms with Gasteiger partial charge in [-0.05, 0) is 0 Å². The minimum absolute atomic E-state index is 0.229. The van der Waals surface area contributed by atoms with Gasteiger partial charge in [-0.25, -0.2) is 0 Å². The molecule has 0 spiro atoms. The molecule has 0 aromatic carbocycles. The average Bonchev–Trinajstić information content (AvgIpc) is 2.24. The molecule has 0 N–H and O–H groups in total. The minimum atomic E-state index is 0.229. The molecule has 1 nitrogen and oxygen atoms in total. The summed E-state index contributed by atoms with van der Waals surface area (Å²) in [4.78, 5) is 0. The van der Waals surface area contributed by atoms with E-state index in [1.807, 2.05) is 17.8 Å². The fourth-order valence-electron chi connectivity index (χ4n) is 1.75. The normalized spacial score (nSPS) is 20.5. The molecule has 0 aromatic heterocycles. The lowest BCUT2D eigenvalue weighted by molar-refractivity contribution is -0.425. The number of halogens is 1. The van der Waals surface area contributed by atoms with E-state index in [-0.39, 0.29) is 17.7 Å². The van der Waals surface area contributed by atoms with Crippen LogP contribution < -0.4 is 0 Å². The Hall–Kier alpha value is 0.300. The summed E-state index contributed by atoms with van der Waals surface area (Å²) in [5, 5.41) is 0. The minimum Gasteiger partial charge on any atom is -0.167 e. The Balaban J connectivity index is 0. The van der Waals surface area contributed by atoms with E-state index in [9.17, 15) is 3.89 Å². The molecule has 0 bridgehead atoms. The Morgan fingerprint density at radius 3 is 1.67 bits per heavy atom. The number of hydrogen-bond donors (Lipinski definition) is 1. The van der Waals surface area contributed by atoms with Gasteiger partial charge in [0.2, 0.25) is 0 Å². The molecule has 0 radical (unpaired) electrons. The van der Waals surface area contributed by atoms with Gasteiger partial charge >= 0.3 is 0 Å². The Morgan fingerprint density at radius 1 is 1.27 bits per heavy atom. The van der Waals surface area contributed by atoms with E-state index in [0.717, 1.165) is 0 Å². The van der Waals surface area contributed by atoms with Crippen LogP contribution >= 0.6 is 25.0 Å². The van der Waals surface area contributed by atoms with Crippen molar-refractivity contribution in [3.05, 3.63) is 0 Å². The zero-order chi connectivity index (χ0) is 12.7. The molecule has 1 heterocycles. The second kappa shape index (κ2) is 7.55. The van der Waals surface area contributed by atoms with E-state index in [1.165, 1.54) is 12.7 Å². The lowest BCUT2D eigenvalue weighted by Gasteiger charge is -2.15. The smallest absolute Gasteiger partial charge is 0.167 e. The molecule has 0 amide bonds. The SMILES string of the molecule is CC.CC1(C)C=[N+](S)C(C)(C)C1.CSF. The Labute approximate surface area is 104 Å². The zero-order valence-corrected chi connectivity index (χ0v) is 12.7. The first-order valence-electron chi connectivity index (χ1n) is 5.24. The van der Waals surface area contributed by atoms with Crippen LogP contribution in [0.1, 0.15) is 48.0 Å². The molecule has 0 fully saturated rings. The quantitative estimate of drug-likeness (QED) is 0.496. The summed E-state index contributed by atoms with van der Waals surface area (Å²) in [6.45, 7) is 12.9. The first-order chi connectivity index (χ1) is 6.75. The van der Waals surface area contributed by atoms with Crippen molar-refractivity contribution in [2.75, 3.05) is 6.26 Å². The first kappa shape index (κ1) is 17.7. The maximum Gasteiger partial charge on any atom is 0.171 e. The maximum atomic E-state index is 10.2. The Kier molecular flexibility index (Phi) is 8.91. The van der Waals surface area contributed by atoms with Gasteiger partial charge in [-0.3, -0.25) is 0 Å². The average molecular weight is 254 g/mol. The zero-order valence-electron chi connectivity index (χ0n) is 11.0. The molecule has 15 heavy (non-hydrogen) atoms. The topological polar surface area (TPSA) is 3.01 Å². The summed E-state index contributed by atoms with van der Waals surface area (Å²) in [7, 11) is 0. The summed E-state index contributed by atoms with van der Waals surface area (Å²) < 4.78 is 12.2. The summed E-state index contributed by atoms with van der Waals surface area (Å²) in [6, 6.07) is 0. The van der Waals surface area contributed by atoms with Gasteiger partial charge in [-0.2, -0.15) is 7.87 Å². The van der Waals surface area contributed by atoms with Crippen molar-refractivity contribution in [1.29, 1.82) is 0 Å². The molecular formula is C11H25FNS2+. The molecule has 0 atom stereocenters. The number of hydrogen-bond acceptors (Lipinski definition) is 2. The van der Waals surface area contributed by atoms with E-state index in [1.54, 1.807) is 0 Å². The Bertz CT molecular complexity index is 201. The van der Waals surface area contributed by atoms with Crippen molar-refractivity contribution in [3.8, 4) is 0 Å². The lowest BCUT2D eigenvalue weighted by Crippen LogP contribution is -2.26. The standard InChI is InChI=1S/C8H16NS.C2H6.CH3FS/c1-7(2)5-8(3,4)9(10)6-7;1-2;1-3-2/h6,10H,5H2,1-4H3;1-2H3;1H3/q+1;;. The van der Waals surface area contributed by atoms with Crippen molar-refractivity contribution in [2.24, 2.45) is 5.41 Å². The largest absolute Gasteiger partial charge is 0.171 e. The van der Waals surface area contributed by atoms with E-state index in [2.05, 4.69) is 46.7 Å². The monoisotopic (exact) mass is 254 g/mol. The molecule has 0 unspecified atom stereocenters. The van der Waals surface area contributed by atoms with Gasteiger partial charge in [0.05, 0.1) is 0 Å². The fourth-order valence-corrected chi connectivity index (χ4v) is 2.13. The molecule has 0 aliphatic carbocycles. The van der Waals surface area contributed by atoms with Gasteiger partial charge in [0.25, 0.3) is 0 Å². The van der Waals surface area contributed by atoms with Gasteiger partial charge in [0.1, 0.15) is 12.8 Å². The highest BCUT2D eigenvalue weighted by Gasteiger charge is 2.43. The highest BCUT2D eigenvalue weighted by atomic mass is 32.2. The molecule has 1 rings (SSSR count). The van der Waals surface area contributed by atoms with Gasteiger partial charge < -0.3 is 0 Å². The van der Waals surface area contributed by atoms with Crippen molar-refractivity contribution < 1.29 is 7.87 Å². The van der Waals surface area contributed by atoms with Crippen LogP contribution in [0.4, 0.5) is 3.89 Å². The van der Waals surface area contributed by atoms with E-state index >= 15 is 0 Å². The molecule has 1 aliphatic heterocycles. The number of nitrogens with zero attached hydrogens (tertiary/aromatic N) is 1. The van der Waals surface area contributed by atoms with E-state index < -0.39 is 0 Å². The van der Waals surface area contributed by atoms with Crippen LogP contribution in [0.3, 0.4) is 0 Å². The van der Waals surface area contributed by atoms with Crippen LogP contribution in [-0.2, 0) is 0 Å². The van der Waals surface area contributed by atoms with Gasteiger partial charge in [-0.15, -0.1) is 0 Å². The third kappa shape index (κ3) is 7.23. The van der Waals surface area contributed by atoms with Crippen LogP contribution in [0, 0.1) is 5.41 Å². The fraction of sp³-hybridized carbons (Fsp3) is 0.909. The molecular weight excluding hydrogens is 229 g/mol. The van der Waals surface area contributed by atoms with Crippen LogP contribution in [0.15, 0.2) is 0 Å². The van der Waals surface area contributed by atoms with Crippen LogP contribution in [-0.4, -0.2) is 22.0 Å². The highest BCUT2D eigenvalue weighted by molar-refractivity contribution is 7.93. The summed E-state index contributed by atoms with van der Waals surface area (Å²) in [5.41, 5.74) is 0.553. The van der Waals surface area contributed by atoms with Gasteiger partial charge in [0.15, 0.2) is 11.8 Å². The molecule has 0 saturated carbocycles. The molecule has 1 aliphatic rings. The van der Waals surface area contributed by atoms with Gasteiger partial charge in [0, 0.05) is 44.1 Å². The van der Waals surface area contributed by atoms with Crippen molar-refractivity contribution >= 4 is 31.2 Å². The number of rotatable bonds is 0. The molecule has 92 valence electrons. The first-order valence-corrected chi connectivity index (χ1v) is 6.77. The van der Waals surface area contributed by atoms with Gasteiger partial charge in [-0.1, -0.05) is 27.7 Å². The summed E-state index contributed by atoms with van der Waals surface area (Å²) >= 11 is 4.61. The lowest BCUT2D eigenvalue weighted by atomic mass is 9.85. The highest BCUT2D eigenvalue weighted by Crippen LogP contribution is 2.34. The predicted molar refractivity (Wildman–Crippen MR) is 73.8 cm³/mol. The maximum absolute atomic E-state index is 10.2. The van der Waals surface area contributed by atoms with Crippen LogP contribution in [0.25, 0.3) is 0 Å². The second-order valence-corrected chi connectivity index (χ2v) is 5.35. The van der Waals surface area contributed by atoms with E-state index in [4.69, 9.17) is 0 Å². The molecule has 0 saturated heterocycles. The third-order valence-electron chi connectivity index (χ3n) is 1.98. The summed E-state index contributed by atoms with van der Waals surface area (Å²) in [6.07, 6.45) is 4.75. The predicted octanol–water partition coefficient (Wildman–Crippen LogP) is 4.38. The van der Waals surface area contributed by atoms with Crippen molar-refractivity contribution in [1.82, 2.24) is 0 Å². The van der Waals surface area contributed by atoms with Crippen molar-refractivity contribution in [3.63, 3.8) is 0 Å². The van der Waals surface area contributed by atoms with Crippen LogP contribution in [0.2, 0.25) is 0 Å². The Morgan fingerprint density at radius 2 is 1.60 bits per heavy atom. The van der Waals surface area contributed by atoms with Crippen molar-refractivity contribution in [2.45, 2.75) is 53.5 Å².